The van der Waals surface area contributed by atoms with Crippen LogP contribution in [0.2, 0.25) is 0 Å². The van der Waals surface area contributed by atoms with E-state index in [2.05, 4.69) is 28.9 Å². The Kier molecular flexibility index (Phi) is 15.5. The lowest BCUT2D eigenvalue weighted by Gasteiger charge is -2.30. The first kappa shape index (κ1) is 46.0. The number of carbonyl (C=O) groups excluding carboxylic acids is 2. The van der Waals surface area contributed by atoms with Crippen LogP contribution in [0.1, 0.15) is 85.6 Å². The first-order chi connectivity index (χ1) is 24.7. The number of aliphatic hydroxyl groups excluding tert-OH is 2. The summed E-state index contributed by atoms with van der Waals surface area (Å²) in [6.07, 6.45) is -5.63. The first-order valence-corrected chi connectivity index (χ1v) is 21.0. The van der Waals surface area contributed by atoms with E-state index in [-0.39, 0.29) is 37.1 Å². The lowest BCUT2D eigenvalue weighted by molar-refractivity contribution is -0.134. The minimum Gasteiger partial charge on any atom is -0.390 e. The monoisotopic (exact) mass is 831 g/mol. The molecule has 0 saturated carbocycles. The number of phosphoric ester groups is 3. The summed E-state index contributed by atoms with van der Waals surface area (Å²) in [6, 6.07) is 0. The molecule has 0 aliphatic carbocycles. The number of nitrogens with zero attached hydrogens (tertiary/aromatic N) is 5. The molecule has 2 aromatic rings. The number of hydrogen-bond acceptors (Lipinski definition) is 17. The molecule has 7 atom stereocenters. The molecule has 7 unspecified atom stereocenters. The average molecular weight is 832 g/mol. The van der Waals surface area contributed by atoms with Crippen molar-refractivity contribution in [2.75, 3.05) is 13.2 Å². The van der Waals surface area contributed by atoms with Gasteiger partial charge in [-0.3, -0.25) is 27.7 Å². The van der Waals surface area contributed by atoms with E-state index in [1.165, 1.54) is 31.1 Å². The molecule has 1 aliphatic heterocycles. The van der Waals surface area contributed by atoms with Gasteiger partial charge in [-0.05, 0) is 47.5 Å². The fourth-order valence-corrected chi connectivity index (χ4v) is 7.77. The summed E-state index contributed by atoms with van der Waals surface area (Å²) < 4.78 is 62.4. The second-order valence-electron chi connectivity index (χ2n) is 14.3. The van der Waals surface area contributed by atoms with Gasteiger partial charge in [0.15, 0.2) is 17.7 Å². The van der Waals surface area contributed by atoms with Crippen LogP contribution in [0, 0.1) is 12.3 Å². The van der Waals surface area contributed by atoms with E-state index in [0.717, 1.165) is 0 Å². The van der Waals surface area contributed by atoms with Gasteiger partial charge in [0.1, 0.15) is 47.6 Å². The van der Waals surface area contributed by atoms with Crippen molar-refractivity contribution < 1.29 is 80.5 Å². The van der Waals surface area contributed by atoms with Crippen molar-refractivity contribution in [1.82, 2.24) is 19.5 Å². The highest BCUT2D eigenvalue weighted by Crippen LogP contribution is 2.61. The van der Waals surface area contributed by atoms with Crippen LogP contribution in [0.3, 0.4) is 0 Å². The fraction of sp³-hybridized carbons (Fsp3) is 0.724. The summed E-state index contributed by atoms with van der Waals surface area (Å²) >= 11 is 0. The predicted molar refractivity (Wildman–Crippen MR) is 186 cm³/mol. The molecule has 0 spiro atoms. The highest BCUT2D eigenvalue weighted by Gasteiger charge is 2.50. The summed E-state index contributed by atoms with van der Waals surface area (Å²) in [5.74, 6) is -0.815. The van der Waals surface area contributed by atoms with E-state index in [1.807, 2.05) is 20.8 Å². The number of fused-ring (bicyclic) bond motifs is 1. The number of ether oxygens (including phenoxy) is 1. The summed E-state index contributed by atoms with van der Waals surface area (Å²) in [5, 5.41) is 25.5. The predicted octanol–water partition coefficient (Wildman–Crippen LogP) is 2.79. The summed E-state index contributed by atoms with van der Waals surface area (Å²) in [6.45, 7) is 9.58. The normalized spacial score (nSPS) is 22.9. The van der Waals surface area contributed by atoms with Gasteiger partial charge < -0.3 is 39.4 Å². The maximum absolute atomic E-state index is 12.7. The van der Waals surface area contributed by atoms with Gasteiger partial charge in [0.2, 0.25) is 0 Å². The lowest BCUT2D eigenvalue weighted by Crippen LogP contribution is -2.39. The Balaban J connectivity index is 1.53. The minimum absolute atomic E-state index is 0.0566. The van der Waals surface area contributed by atoms with Gasteiger partial charge in [-0.2, -0.15) is 4.31 Å². The van der Waals surface area contributed by atoms with Crippen LogP contribution in [0.5, 0.6) is 0 Å². The van der Waals surface area contributed by atoms with Crippen LogP contribution >= 0.6 is 23.5 Å². The minimum atomic E-state index is -5.53. The summed E-state index contributed by atoms with van der Waals surface area (Å²) in [7, 11) is -16.3. The molecule has 22 nitrogen and oxygen atoms in total. The maximum Gasteiger partial charge on any atom is 0.481 e. The molecule has 0 radical (unpaired) electrons. The molecule has 2 aromatic heterocycles. The van der Waals surface area contributed by atoms with E-state index in [9.17, 15) is 53.1 Å². The molecular formula is C29H48N5O17P3. The second kappa shape index (κ2) is 18.3. The van der Waals surface area contributed by atoms with Crippen LogP contribution in [0.15, 0.2) is 17.8 Å². The highest BCUT2D eigenvalue weighted by molar-refractivity contribution is 7.61. The van der Waals surface area contributed by atoms with Crippen LogP contribution in [-0.4, -0.2) is 110 Å². The number of aryl methyl sites for hydroxylation is 1. The Morgan fingerprint density at radius 1 is 0.981 bits per heavy atom. The van der Waals surface area contributed by atoms with E-state index < -0.39 is 84.1 Å². The van der Waals surface area contributed by atoms with Gasteiger partial charge in [-0.25, -0.2) is 28.6 Å². The molecule has 54 heavy (non-hydrogen) atoms. The Bertz CT molecular complexity index is 1810. The molecule has 1 fully saturated rings. The van der Waals surface area contributed by atoms with Crippen molar-refractivity contribution in [2.24, 2.45) is 10.6 Å². The Morgan fingerprint density at radius 2 is 1.63 bits per heavy atom. The SMILES string of the molecule is C/C(CCC(=O)CCCC(=O)C(O)C(C)(C)COP(=O)(O)OP(=O)(O)OCC1OC(n2cnc3c(C)ncnc32)C(O)C1OP(=O)(O)O)=N\OC(C)(C)C. The maximum atomic E-state index is 12.7. The number of aromatic nitrogens is 4. The highest BCUT2D eigenvalue weighted by atomic mass is 31.3. The quantitative estimate of drug-likeness (QED) is 0.0598. The van der Waals surface area contributed by atoms with Crippen LogP contribution in [-0.2, 0) is 50.7 Å². The molecule has 1 aliphatic rings. The number of oxime groups is 1. The molecule has 0 aromatic carbocycles. The average Bonchev–Trinajstić information content (AvgIpc) is 3.60. The standard InChI is InChI=1S/C29H48N5O17P3/c1-17(33-50-28(3,4)5)11-12-19(35)9-8-10-20(36)25(38)29(6,7)14-47-54(44,45)51-53(42,43)46-13-21-24(49-52(39,40)41)23(37)27(48-21)34-16-32-22-18(2)30-15-31-26(22)34/h15-16,21,23-25,27,37-38H,8-14H2,1-7H3,(H,42,43)(H,44,45)(H2,39,40,41)/b33-17+. The van der Waals surface area contributed by atoms with Gasteiger partial charge in [-0.1, -0.05) is 19.0 Å². The molecule has 6 N–H and O–H groups in total. The number of aliphatic hydroxyl groups is 2. The number of ketones is 2. The van der Waals surface area contributed by atoms with Gasteiger partial charge in [0.05, 0.1) is 30.9 Å². The third-order valence-corrected chi connectivity index (χ3v) is 10.9. The summed E-state index contributed by atoms with van der Waals surface area (Å²) in [5.41, 5.74) is -0.427. The molecule has 3 rings (SSSR count). The van der Waals surface area contributed by atoms with Crippen molar-refractivity contribution in [1.29, 1.82) is 0 Å². The molecule has 0 bridgehead atoms. The van der Waals surface area contributed by atoms with Gasteiger partial charge in [0.25, 0.3) is 0 Å². The summed E-state index contributed by atoms with van der Waals surface area (Å²) in [4.78, 5) is 81.7. The molecule has 1 saturated heterocycles. The second-order valence-corrected chi connectivity index (χ2v) is 18.5. The van der Waals surface area contributed by atoms with Gasteiger partial charge in [-0.15, -0.1) is 0 Å². The number of carbonyl (C=O) groups is 2. The number of phosphoric acid groups is 3. The largest absolute Gasteiger partial charge is 0.481 e. The van der Waals surface area contributed by atoms with E-state index in [1.54, 1.807) is 13.8 Å². The molecule has 306 valence electrons. The van der Waals surface area contributed by atoms with Crippen molar-refractivity contribution in [3.8, 4) is 0 Å². The van der Waals surface area contributed by atoms with Gasteiger partial charge >= 0.3 is 23.5 Å². The molecule has 3 heterocycles. The Hall–Kier alpha value is -2.39. The number of rotatable bonds is 21. The van der Waals surface area contributed by atoms with Crippen LogP contribution < -0.4 is 0 Å². The third kappa shape index (κ3) is 14.0. The zero-order valence-corrected chi connectivity index (χ0v) is 33.4. The first-order valence-electron chi connectivity index (χ1n) is 16.5. The van der Waals surface area contributed by atoms with Gasteiger partial charge in [0, 0.05) is 24.7 Å². The molecule has 25 heteroatoms. The fourth-order valence-electron chi connectivity index (χ4n) is 4.94. The van der Waals surface area contributed by atoms with Crippen molar-refractivity contribution >= 4 is 51.9 Å². The number of hydrogen-bond donors (Lipinski definition) is 6. The molecule has 0 amide bonds. The van der Waals surface area contributed by atoms with E-state index in [4.69, 9.17) is 18.6 Å². The van der Waals surface area contributed by atoms with Crippen molar-refractivity contribution in [3.63, 3.8) is 0 Å². The Morgan fingerprint density at radius 3 is 2.26 bits per heavy atom. The third-order valence-electron chi connectivity index (χ3n) is 7.76. The zero-order chi connectivity index (χ0) is 40.9. The van der Waals surface area contributed by atoms with Crippen LogP contribution in [0.25, 0.3) is 11.2 Å². The smallest absolute Gasteiger partial charge is 0.390 e. The van der Waals surface area contributed by atoms with Crippen molar-refractivity contribution in [2.45, 2.75) is 117 Å². The lowest BCUT2D eigenvalue weighted by atomic mass is 9.84. The molecular weight excluding hydrogens is 783 g/mol. The number of Topliss-reactive ketones (excluding diaryl/α,β-unsaturated/α-hetero) is 2. The van der Waals surface area contributed by atoms with Crippen molar-refractivity contribution in [3.05, 3.63) is 18.3 Å². The van der Waals surface area contributed by atoms with E-state index >= 15 is 0 Å². The topological polar surface area (TPSA) is 318 Å². The Labute approximate surface area is 310 Å². The van der Waals surface area contributed by atoms with E-state index in [0.29, 0.717) is 23.3 Å². The number of imidazole rings is 1. The zero-order valence-electron chi connectivity index (χ0n) is 30.7. The van der Waals surface area contributed by atoms with Crippen LogP contribution in [0.4, 0.5) is 0 Å².